The summed E-state index contributed by atoms with van der Waals surface area (Å²) in [6, 6.07) is 0. The maximum Gasteiger partial charge on any atom is 0.258 e. The first kappa shape index (κ1) is 15.8. The van der Waals surface area contributed by atoms with Gasteiger partial charge in [-0.2, -0.15) is 0 Å². The number of amides is 1. The number of hydrogen-bond donors (Lipinski definition) is 1. The minimum absolute atomic E-state index is 0.138. The van der Waals surface area contributed by atoms with Crippen LogP contribution in [0, 0.1) is 5.92 Å². The van der Waals surface area contributed by atoms with Gasteiger partial charge in [0.05, 0.1) is 7.11 Å². The highest BCUT2D eigenvalue weighted by molar-refractivity contribution is 7.13. The molecule has 23 heavy (non-hydrogen) atoms. The SMILES string of the molecule is COc1nn(C)cc1C(=O)NCC1CCCN(c2nccs2)C1. The summed E-state index contributed by atoms with van der Waals surface area (Å²) in [5.41, 5.74) is 0.475. The molecule has 1 saturated heterocycles. The Balaban J connectivity index is 1.56. The minimum Gasteiger partial charge on any atom is -0.479 e. The molecule has 124 valence electrons. The number of methoxy groups -OCH3 is 1. The number of piperidine rings is 1. The number of carbonyl (C=O) groups is 1. The van der Waals surface area contributed by atoms with Gasteiger partial charge in [-0.05, 0) is 18.8 Å². The molecular formula is C15H21N5O2S. The number of anilines is 1. The lowest BCUT2D eigenvalue weighted by molar-refractivity contribution is 0.0942. The number of aryl methyl sites for hydroxylation is 1. The molecular weight excluding hydrogens is 314 g/mol. The molecule has 1 unspecified atom stereocenters. The summed E-state index contributed by atoms with van der Waals surface area (Å²) in [6.07, 6.45) is 5.75. The fourth-order valence-corrected chi connectivity index (χ4v) is 3.56. The van der Waals surface area contributed by atoms with Crippen molar-refractivity contribution >= 4 is 22.4 Å². The first-order valence-electron chi connectivity index (χ1n) is 7.67. The second-order valence-corrected chi connectivity index (χ2v) is 6.58. The van der Waals surface area contributed by atoms with Gasteiger partial charge in [-0.3, -0.25) is 9.48 Å². The van der Waals surface area contributed by atoms with Crippen molar-refractivity contribution in [2.24, 2.45) is 13.0 Å². The lowest BCUT2D eigenvalue weighted by atomic mass is 9.98. The molecule has 0 aliphatic carbocycles. The smallest absolute Gasteiger partial charge is 0.258 e. The molecule has 0 radical (unpaired) electrons. The monoisotopic (exact) mass is 335 g/mol. The Kier molecular flexibility index (Phi) is 4.80. The van der Waals surface area contributed by atoms with Crippen LogP contribution in [0.4, 0.5) is 5.13 Å². The van der Waals surface area contributed by atoms with Crippen molar-refractivity contribution in [1.29, 1.82) is 0 Å². The summed E-state index contributed by atoms with van der Waals surface area (Å²) in [7, 11) is 3.29. The molecule has 1 amide bonds. The van der Waals surface area contributed by atoms with E-state index in [4.69, 9.17) is 4.74 Å². The molecule has 2 aromatic heterocycles. The zero-order valence-electron chi connectivity index (χ0n) is 13.4. The standard InChI is InChI=1S/C15H21N5O2S/c1-19-10-12(14(18-19)22-2)13(21)17-8-11-4-3-6-20(9-11)15-16-5-7-23-15/h5,7,10-11H,3-4,6,8-9H2,1-2H3,(H,17,21). The van der Waals surface area contributed by atoms with E-state index in [1.165, 1.54) is 7.11 Å². The number of hydrogen-bond acceptors (Lipinski definition) is 6. The van der Waals surface area contributed by atoms with Gasteiger partial charge in [0, 0.05) is 44.5 Å². The number of ether oxygens (including phenoxy) is 1. The number of carbonyl (C=O) groups excluding carboxylic acids is 1. The van der Waals surface area contributed by atoms with E-state index in [9.17, 15) is 4.79 Å². The summed E-state index contributed by atoms with van der Waals surface area (Å²) >= 11 is 1.66. The van der Waals surface area contributed by atoms with E-state index in [2.05, 4.69) is 20.3 Å². The third-order valence-electron chi connectivity index (χ3n) is 3.99. The van der Waals surface area contributed by atoms with Crippen LogP contribution in [-0.4, -0.2) is 47.4 Å². The van der Waals surface area contributed by atoms with E-state index in [-0.39, 0.29) is 5.91 Å². The lowest BCUT2D eigenvalue weighted by Gasteiger charge is -2.32. The molecule has 1 aliphatic heterocycles. The van der Waals surface area contributed by atoms with E-state index in [1.807, 2.05) is 11.6 Å². The Labute approximate surface area is 139 Å². The first-order chi connectivity index (χ1) is 11.2. The van der Waals surface area contributed by atoms with Crippen molar-refractivity contribution in [2.45, 2.75) is 12.8 Å². The summed E-state index contributed by atoms with van der Waals surface area (Å²) in [6.45, 7) is 2.62. The van der Waals surface area contributed by atoms with Crippen LogP contribution in [0.1, 0.15) is 23.2 Å². The van der Waals surface area contributed by atoms with Gasteiger partial charge >= 0.3 is 0 Å². The van der Waals surface area contributed by atoms with Gasteiger partial charge in [-0.25, -0.2) is 4.98 Å². The Morgan fingerprint density at radius 3 is 3.17 bits per heavy atom. The minimum atomic E-state index is -0.138. The van der Waals surface area contributed by atoms with Gasteiger partial charge in [-0.15, -0.1) is 16.4 Å². The molecule has 8 heteroatoms. The quantitative estimate of drug-likeness (QED) is 0.897. The average Bonchev–Trinajstić information content (AvgIpc) is 3.22. The predicted molar refractivity (Wildman–Crippen MR) is 89.1 cm³/mol. The highest BCUT2D eigenvalue weighted by Gasteiger charge is 2.23. The van der Waals surface area contributed by atoms with Crippen molar-refractivity contribution < 1.29 is 9.53 Å². The molecule has 0 bridgehead atoms. The van der Waals surface area contributed by atoms with Crippen molar-refractivity contribution in [3.05, 3.63) is 23.3 Å². The van der Waals surface area contributed by atoms with Crippen LogP contribution < -0.4 is 15.0 Å². The molecule has 1 aliphatic rings. The van der Waals surface area contributed by atoms with E-state index in [1.54, 1.807) is 29.3 Å². The van der Waals surface area contributed by atoms with Gasteiger partial charge in [0.25, 0.3) is 5.91 Å². The second-order valence-electron chi connectivity index (χ2n) is 5.70. The first-order valence-corrected chi connectivity index (χ1v) is 8.55. The highest BCUT2D eigenvalue weighted by Crippen LogP contribution is 2.24. The van der Waals surface area contributed by atoms with Crippen LogP contribution in [0.25, 0.3) is 0 Å². The molecule has 0 saturated carbocycles. The van der Waals surface area contributed by atoms with Crippen molar-refractivity contribution in [2.75, 3.05) is 31.6 Å². The number of nitrogens with zero attached hydrogens (tertiary/aromatic N) is 4. The van der Waals surface area contributed by atoms with E-state index < -0.39 is 0 Å². The summed E-state index contributed by atoms with van der Waals surface area (Å²) in [5.74, 6) is 0.652. The highest BCUT2D eigenvalue weighted by atomic mass is 32.1. The Hall–Kier alpha value is -2.09. The fraction of sp³-hybridized carbons (Fsp3) is 0.533. The molecule has 1 fully saturated rings. The van der Waals surface area contributed by atoms with Crippen LogP contribution in [0.2, 0.25) is 0 Å². The fourth-order valence-electron chi connectivity index (χ4n) is 2.88. The molecule has 2 aromatic rings. The Morgan fingerprint density at radius 2 is 2.43 bits per heavy atom. The van der Waals surface area contributed by atoms with Crippen molar-refractivity contribution in [3.8, 4) is 5.88 Å². The molecule has 0 aromatic carbocycles. The normalized spacial score (nSPS) is 18.0. The maximum absolute atomic E-state index is 12.3. The van der Waals surface area contributed by atoms with Crippen molar-refractivity contribution in [1.82, 2.24) is 20.1 Å². The van der Waals surface area contributed by atoms with Gasteiger partial charge in [0.15, 0.2) is 5.13 Å². The molecule has 3 rings (SSSR count). The Morgan fingerprint density at radius 1 is 1.57 bits per heavy atom. The second kappa shape index (κ2) is 6.99. The molecule has 7 nitrogen and oxygen atoms in total. The predicted octanol–water partition coefficient (Wildman–Crippen LogP) is 1.53. The zero-order valence-corrected chi connectivity index (χ0v) is 14.2. The number of aromatic nitrogens is 3. The van der Waals surface area contributed by atoms with Crippen LogP contribution in [-0.2, 0) is 7.05 Å². The summed E-state index contributed by atoms with van der Waals surface area (Å²) < 4.78 is 6.72. The van der Waals surface area contributed by atoms with Gasteiger partial charge in [-0.1, -0.05) is 0 Å². The van der Waals surface area contributed by atoms with Crippen LogP contribution in [0.3, 0.4) is 0 Å². The lowest BCUT2D eigenvalue weighted by Crippen LogP contribution is -2.41. The van der Waals surface area contributed by atoms with Crippen LogP contribution in [0.5, 0.6) is 5.88 Å². The number of nitrogens with one attached hydrogen (secondary N) is 1. The topological polar surface area (TPSA) is 72.3 Å². The zero-order chi connectivity index (χ0) is 16.2. The van der Waals surface area contributed by atoms with E-state index in [0.717, 1.165) is 31.1 Å². The maximum atomic E-state index is 12.3. The number of rotatable bonds is 5. The average molecular weight is 335 g/mol. The van der Waals surface area contributed by atoms with Crippen LogP contribution in [0.15, 0.2) is 17.8 Å². The third kappa shape index (κ3) is 3.64. The van der Waals surface area contributed by atoms with E-state index in [0.29, 0.717) is 23.9 Å². The third-order valence-corrected chi connectivity index (χ3v) is 4.83. The molecule has 1 atom stereocenters. The van der Waals surface area contributed by atoms with Gasteiger partial charge in [0.2, 0.25) is 5.88 Å². The summed E-state index contributed by atoms with van der Waals surface area (Å²) in [5, 5.41) is 10.2. The van der Waals surface area contributed by atoms with Crippen molar-refractivity contribution in [3.63, 3.8) is 0 Å². The van der Waals surface area contributed by atoms with Gasteiger partial charge < -0.3 is 15.0 Å². The van der Waals surface area contributed by atoms with E-state index >= 15 is 0 Å². The van der Waals surface area contributed by atoms with Crippen LogP contribution >= 0.6 is 11.3 Å². The van der Waals surface area contributed by atoms with Gasteiger partial charge in [0.1, 0.15) is 5.56 Å². The number of thiazole rings is 1. The molecule has 3 heterocycles. The largest absolute Gasteiger partial charge is 0.479 e. The molecule has 0 spiro atoms. The summed E-state index contributed by atoms with van der Waals surface area (Å²) in [4.78, 5) is 19.0. The molecule has 1 N–H and O–H groups in total. The Bertz CT molecular complexity index is 655.